The van der Waals surface area contributed by atoms with E-state index in [-0.39, 0.29) is 6.42 Å². The van der Waals surface area contributed by atoms with Gasteiger partial charge in [0.25, 0.3) is 0 Å². The maximum atomic E-state index is 10.8. The first kappa shape index (κ1) is 11.4. The minimum atomic E-state index is -1.06. The maximum absolute atomic E-state index is 10.8. The van der Waals surface area contributed by atoms with Gasteiger partial charge in [0.15, 0.2) is 0 Å². The van der Waals surface area contributed by atoms with Crippen molar-refractivity contribution >= 4 is 16.9 Å². The van der Waals surface area contributed by atoms with Gasteiger partial charge in [-0.15, -0.1) is 0 Å². The normalized spacial score (nSPS) is 12.6. The van der Waals surface area contributed by atoms with E-state index in [1.54, 1.807) is 0 Å². The van der Waals surface area contributed by atoms with Crippen LogP contribution in [0.4, 0.5) is 0 Å². The second-order valence-corrected chi connectivity index (χ2v) is 3.74. The molecule has 1 atom stereocenters. The van der Waals surface area contributed by atoms with Crippen molar-refractivity contribution in [1.29, 1.82) is 0 Å². The van der Waals surface area contributed by atoms with Gasteiger partial charge in [0, 0.05) is 22.9 Å². The maximum Gasteiger partial charge on any atom is 0.320 e. The summed E-state index contributed by atoms with van der Waals surface area (Å²) < 4.78 is 0. The minimum Gasteiger partial charge on any atom is -0.480 e. The molecule has 1 heterocycles. The first-order valence-electron chi connectivity index (χ1n) is 5.08. The molecule has 0 amide bonds. The van der Waals surface area contributed by atoms with Crippen molar-refractivity contribution in [3.63, 3.8) is 0 Å². The molecular formula is C11H13N3O3. The molecule has 0 aliphatic carbocycles. The van der Waals surface area contributed by atoms with Gasteiger partial charge in [-0.3, -0.25) is 4.79 Å². The van der Waals surface area contributed by atoms with Crippen LogP contribution in [0.3, 0.4) is 0 Å². The average molecular weight is 235 g/mol. The van der Waals surface area contributed by atoms with Gasteiger partial charge >= 0.3 is 5.97 Å². The van der Waals surface area contributed by atoms with E-state index >= 15 is 0 Å². The molecule has 0 spiro atoms. The molecule has 0 aliphatic heterocycles. The van der Waals surface area contributed by atoms with Gasteiger partial charge in [0.2, 0.25) is 5.88 Å². The molecule has 2 rings (SSSR count). The lowest BCUT2D eigenvalue weighted by molar-refractivity contribution is -0.138. The number of carbonyl (C=O) groups is 1. The number of nitrogens with one attached hydrogen (secondary N) is 1. The number of hydrogen-bond acceptors (Lipinski definition) is 4. The molecule has 1 unspecified atom stereocenters. The van der Waals surface area contributed by atoms with Crippen LogP contribution in [0.2, 0.25) is 0 Å². The molecule has 6 N–H and O–H groups in total. The molecule has 0 bridgehead atoms. The van der Waals surface area contributed by atoms with Crippen molar-refractivity contribution in [3.8, 4) is 5.88 Å². The third kappa shape index (κ3) is 2.08. The predicted octanol–water partition coefficient (Wildman–Crippen LogP) is 0.375. The fourth-order valence-corrected chi connectivity index (χ4v) is 1.79. The van der Waals surface area contributed by atoms with Gasteiger partial charge in [-0.1, -0.05) is 18.2 Å². The standard InChI is InChI=1S/C11H13N3O3/c12-8(11(15)16)5-7-6-3-1-2-4-9(6)14-10(7)17-13/h1-4,8,14H,5,12-13H2,(H,15,16). The van der Waals surface area contributed by atoms with Crippen LogP contribution >= 0.6 is 0 Å². The van der Waals surface area contributed by atoms with Gasteiger partial charge < -0.3 is 20.7 Å². The molecule has 1 aromatic heterocycles. The van der Waals surface area contributed by atoms with Crippen LogP contribution in [-0.4, -0.2) is 22.1 Å². The molecule has 1 aromatic carbocycles. The number of carboxylic acid groups (broad SMARTS) is 1. The van der Waals surface area contributed by atoms with Gasteiger partial charge in [-0.25, -0.2) is 0 Å². The molecule has 90 valence electrons. The van der Waals surface area contributed by atoms with Crippen molar-refractivity contribution in [1.82, 2.24) is 4.98 Å². The highest BCUT2D eigenvalue weighted by Crippen LogP contribution is 2.28. The highest BCUT2D eigenvalue weighted by atomic mass is 16.6. The Labute approximate surface area is 97.1 Å². The van der Waals surface area contributed by atoms with Crippen LogP contribution in [-0.2, 0) is 11.2 Å². The zero-order chi connectivity index (χ0) is 12.4. The van der Waals surface area contributed by atoms with Crippen LogP contribution in [0.25, 0.3) is 10.9 Å². The van der Waals surface area contributed by atoms with E-state index < -0.39 is 12.0 Å². The third-order valence-corrected chi connectivity index (χ3v) is 2.63. The Morgan fingerprint density at radius 3 is 2.82 bits per heavy atom. The van der Waals surface area contributed by atoms with Crippen LogP contribution in [0.5, 0.6) is 5.88 Å². The Hall–Kier alpha value is -2.05. The Morgan fingerprint density at radius 1 is 1.47 bits per heavy atom. The zero-order valence-corrected chi connectivity index (χ0v) is 9.01. The molecule has 0 fully saturated rings. The molecule has 0 aliphatic rings. The summed E-state index contributed by atoms with van der Waals surface area (Å²) in [6.45, 7) is 0. The van der Waals surface area contributed by atoms with E-state index in [1.165, 1.54) is 0 Å². The largest absolute Gasteiger partial charge is 0.480 e. The van der Waals surface area contributed by atoms with Crippen molar-refractivity contribution in [2.24, 2.45) is 11.6 Å². The molecular weight excluding hydrogens is 222 g/mol. The quantitative estimate of drug-likeness (QED) is 0.572. The summed E-state index contributed by atoms with van der Waals surface area (Å²) in [4.78, 5) is 18.4. The number of benzene rings is 1. The average Bonchev–Trinajstić information content (AvgIpc) is 2.67. The van der Waals surface area contributed by atoms with Crippen molar-refractivity contribution in [2.75, 3.05) is 0 Å². The smallest absolute Gasteiger partial charge is 0.320 e. The fourth-order valence-electron chi connectivity index (χ4n) is 1.79. The molecule has 17 heavy (non-hydrogen) atoms. The SMILES string of the molecule is NOc1[nH]c2ccccc2c1CC(N)C(=O)O. The Balaban J connectivity index is 2.46. The van der Waals surface area contributed by atoms with E-state index in [0.29, 0.717) is 11.4 Å². The summed E-state index contributed by atoms with van der Waals surface area (Å²) >= 11 is 0. The number of carboxylic acids is 1. The second kappa shape index (κ2) is 4.44. The summed E-state index contributed by atoms with van der Waals surface area (Å²) in [5.41, 5.74) is 7.03. The minimum absolute atomic E-state index is 0.159. The molecule has 0 saturated carbocycles. The number of aliphatic carboxylic acids is 1. The van der Waals surface area contributed by atoms with E-state index in [4.69, 9.17) is 21.6 Å². The number of nitrogens with two attached hydrogens (primary N) is 2. The Kier molecular flexibility index (Phi) is 2.99. The predicted molar refractivity (Wildman–Crippen MR) is 62.4 cm³/mol. The lowest BCUT2D eigenvalue weighted by Gasteiger charge is -2.06. The lowest BCUT2D eigenvalue weighted by atomic mass is 10.1. The summed E-state index contributed by atoms with van der Waals surface area (Å²) in [7, 11) is 0. The number of H-pyrrole nitrogens is 1. The Morgan fingerprint density at radius 2 is 2.18 bits per heavy atom. The van der Waals surface area contributed by atoms with Gasteiger partial charge in [-0.2, -0.15) is 5.90 Å². The summed E-state index contributed by atoms with van der Waals surface area (Å²) in [6, 6.07) is 6.45. The van der Waals surface area contributed by atoms with Crippen LogP contribution in [0.15, 0.2) is 24.3 Å². The molecule has 0 radical (unpaired) electrons. The third-order valence-electron chi connectivity index (χ3n) is 2.63. The summed E-state index contributed by atoms with van der Waals surface area (Å²) in [5, 5.41) is 9.67. The lowest BCUT2D eigenvalue weighted by Crippen LogP contribution is -2.32. The summed E-state index contributed by atoms with van der Waals surface area (Å²) in [5.74, 6) is 4.44. The van der Waals surface area contributed by atoms with E-state index in [0.717, 1.165) is 10.9 Å². The highest BCUT2D eigenvalue weighted by Gasteiger charge is 2.19. The van der Waals surface area contributed by atoms with Crippen LogP contribution in [0, 0.1) is 0 Å². The molecule has 6 nitrogen and oxygen atoms in total. The monoisotopic (exact) mass is 235 g/mol. The van der Waals surface area contributed by atoms with Crippen molar-refractivity contribution in [2.45, 2.75) is 12.5 Å². The topological polar surface area (TPSA) is 114 Å². The molecule has 0 saturated heterocycles. The number of hydrogen-bond donors (Lipinski definition) is 4. The van der Waals surface area contributed by atoms with Crippen LogP contribution < -0.4 is 16.5 Å². The van der Waals surface area contributed by atoms with Crippen molar-refractivity contribution < 1.29 is 14.7 Å². The number of rotatable bonds is 4. The number of para-hydroxylation sites is 1. The first-order valence-corrected chi connectivity index (χ1v) is 5.08. The van der Waals surface area contributed by atoms with Crippen molar-refractivity contribution in [3.05, 3.63) is 29.8 Å². The molecule has 2 aromatic rings. The number of fused-ring (bicyclic) bond motifs is 1. The zero-order valence-electron chi connectivity index (χ0n) is 9.01. The van der Waals surface area contributed by atoms with E-state index in [1.807, 2.05) is 24.3 Å². The fraction of sp³-hybridized carbons (Fsp3) is 0.182. The van der Waals surface area contributed by atoms with Gasteiger partial charge in [0.1, 0.15) is 6.04 Å². The van der Waals surface area contributed by atoms with E-state index in [2.05, 4.69) is 4.98 Å². The second-order valence-electron chi connectivity index (χ2n) is 3.74. The Bertz CT molecular complexity index is 550. The van der Waals surface area contributed by atoms with Gasteiger partial charge in [0.05, 0.1) is 0 Å². The first-order chi connectivity index (χ1) is 8.13. The van der Waals surface area contributed by atoms with E-state index in [9.17, 15) is 4.79 Å². The number of aromatic nitrogens is 1. The highest BCUT2D eigenvalue weighted by molar-refractivity contribution is 5.87. The number of aromatic amines is 1. The van der Waals surface area contributed by atoms with Crippen LogP contribution in [0.1, 0.15) is 5.56 Å². The molecule has 6 heteroatoms. The van der Waals surface area contributed by atoms with Gasteiger partial charge in [-0.05, 0) is 6.07 Å². The summed E-state index contributed by atoms with van der Waals surface area (Å²) in [6.07, 6.45) is 0.159.